The first-order valence-corrected chi connectivity index (χ1v) is 5.10. The minimum atomic E-state index is 0.253. The summed E-state index contributed by atoms with van der Waals surface area (Å²) in [4.78, 5) is 8.32. The summed E-state index contributed by atoms with van der Waals surface area (Å²) in [7, 11) is 0. The summed E-state index contributed by atoms with van der Waals surface area (Å²) >= 11 is 4.75. The highest BCUT2D eigenvalue weighted by Gasteiger charge is 1.99. The van der Waals surface area contributed by atoms with E-state index in [9.17, 15) is 0 Å². The Hall–Kier alpha value is -2.01. The molecule has 0 radical (unpaired) electrons. The van der Waals surface area contributed by atoms with E-state index in [2.05, 4.69) is 15.3 Å². The molecule has 0 fully saturated rings. The van der Waals surface area contributed by atoms with E-state index in [0.717, 1.165) is 11.3 Å². The molecular formula is C11H10N4S. The van der Waals surface area contributed by atoms with Crippen LogP contribution < -0.4 is 11.1 Å². The summed E-state index contributed by atoms with van der Waals surface area (Å²) in [5.41, 5.74) is 7.18. The molecule has 3 N–H and O–H groups in total. The largest absolute Gasteiger partial charge is 0.376 e. The Bertz CT molecular complexity index is 481. The highest BCUT2D eigenvalue weighted by atomic mass is 32.1. The zero-order valence-electron chi connectivity index (χ0n) is 8.42. The molecule has 2 rings (SSSR count). The summed E-state index contributed by atoms with van der Waals surface area (Å²) in [6.07, 6.45) is 3.42. The van der Waals surface area contributed by atoms with Gasteiger partial charge in [0.15, 0.2) is 10.9 Å². The SMILES string of the molecule is NC(=S)Nc1ccc(-c2ncccn2)cc1. The lowest BCUT2D eigenvalue weighted by Gasteiger charge is -2.04. The van der Waals surface area contributed by atoms with Crippen LogP contribution in [0.25, 0.3) is 11.4 Å². The van der Waals surface area contributed by atoms with Crippen LogP contribution in [0.3, 0.4) is 0 Å². The summed E-state index contributed by atoms with van der Waals surface area (Å²) in [6, 6.07) is 9.37. The van der Waals surface area contributed by atoms with Crippen molar-refractivity contribution in [1.29, 1.82) is 0 Å². The molecule has 5 heteroatoms. The van der Waals surface area contributed by atoms with Crippen LogP contribution in [0.4, 0.5) is 5.69 Å². The Morgan fingerprint density at radius 1 is 1.12 bits per heavy atom. The quantitative estimate of drug-likeness (QED) is 0.770. The number of nitrogens with one attached hydrogen (secondary N) is 1. The fourth-order valence-electron chi connectivity index (χ4n) is 1.29. The van der Waals surface area contributed by atoms with Crippen molar-refractivity contribution >= 4 is 23.0 Å². The van der Waals surface area contributed by atoms with Gasteiger partial charge in [-0.3, -0.25) is 0 Å². The Morgan fingerprint density at radius 3 is 2.31 bits per heavy atom. The number of nitrogens with zero attached hydrogens (tertiary/aromatic N) is 2. The molecule has 0 spiro atoms. The number of hydrogen-bond acceptors (Lipinski definition) is 3. The number of aromatic nitrogens is 2. The molecule has 0 atom stereocenters. The maximum absolute atomic E-state index is 5.37. The lowest BCUT2D eigenvalue weighted by atomic mass is 10.2. The van der Waals surface area contributed by atoms with Gasteiger partial charge in [0.05, 0.1) is 0 Å². The first kappa shape index (κ1) is 10.5. The Kier molecular flexibility index (Phi) is 3.07. The molecule has 2 aromatic rings. The van der Waals surface area contributed by atoms with E-state index < -0.39 is 0 Å². The number of thiocarbonyl (C=S) groups is 1. The van der Waals surface area contributed by atoms with Gasteiger partial charge < -0.3 is 11.1 Å². The average Bonchev–Trinajstić information content (AvgIpc) is 2.30. The van der Waals surface area contributed by atoms with Crippen molar-refractivity contribution in [2.24, 2.45) is 5.73 Å². The van der Waals surface area contributed by atoms with Gasteiger partial charge in [-0.1, -0.05) is 0 Å². The lowest BCUT2D eigenvalue weighted by Crippen LogP contribution is -2.18. The monoisotopic (exact) mass is 230 g/mol. The number of hydrogen-bond donors (Lipinski definition) is 2. The van der Waals surface area contributed by atoms with Crippen molar-refractivity contribution < 1.29 is 0 Å². The number of nitrogens with two attached hydrogens (primary N) is 1. The molecule has 1 aromatic carbocycles. The maximum Gasteiger partial charge on any atom is 0.168 e. The maximum atomic E-state index is 5.37. The highest BCUT2D eigenvalue weighted by molar-refractivity contribution is 7.80. The highest BCUT2D eigenvalue weighted by Crippen LogP contribution is 2.16. The standard InChI is InChI=1S/C11H10N4S/c12-11(16)15-9-4-2-8(3-5-9)10-13-6-1-7-14-10/h1-7H,(H3,12,15,16). The molecular weight excluding hydrogens is 220 g/mol. The van der Waals surface area contributed by atoms with E-state index in [4.69, 9.17) is 18.0 Å². The first-order valence-electron chi connectivity index (χ1n) is 4.69. The van der Waals surface area contributed by atoms with Gasteiger partial charge in [0, 0.05) is 23.6 Å². The normalized spacial score (nSPS) is 9.75. The van der Waals surface area contributed by atoms with Crippen LogP contribution in [0.15, 0.2) is 42.7 Å². The smallest absolute Gasteiger partial charge is 0.168 e. The van der Waals surface area contributed by atoms with Crippen molar-refractivity contribution in [2.75, 3.05) is 5.32 Å². The van der Waals surface area contributed by atoms with Gasteiger partial charge in [0.25, 0.3) is 0 Å². The van der Waals surface area contributed by atoms with E-state index >= 15 is 0 Å². The molecule has 1 aromatic heterocycles. The number of rotatable bonds is 2. The van der Waals surface area contributed by atoms with Gasteiger partial charge in [-0.25, -0.2) is 9.97 Å². The zero-order chi connectivity index (χ0) is 11.4. The van der Waals surface area contributed by atoms with Gasteiger partial charge in [0.2, 0.25) is 0 Å². The van der Waals surface area contributed by atoms with Crippen LogP contribution in [-0.4, -0.2) is 15.1 Å². The first-order chi connectivity index (χ1) is 7.75. The zero-order valence-corrected chi connectivity index (χ0v) is 9.24. The van der Waals surface area contributed by atoms with E-state index in [1.165, 1.54) is 0 Å². The van der Waals surface area contributed by atoms with Crippen LogP contribution in [0, 0.1) is 0 Å². The molecule has 0 saturated heterocycles. The minimum absolute atomic E-state index is 0.253. The molecule has 0 aliphatic carbocycles. The Labute approximate surface area is 98.5 Å². The molecule has 4 nitrogen and oxygen atoms in total. The molecule has 16 heavy (non-hydrogen) atoms. The third-order valence-electron chi connectivity index (χ3n) is 1.98. The second-order valence-corrected chi connectivity index (χ2v) is 3.58. The minimum Gasteiger partial charge on any atom is -0.376 e. The molecule has 0 aliphatic heterocycles. The molecule has 0 saturated carbocycles. The molecule has 0 amide bonds. The summed E-state index contributed by atoms with van der Waals surface area (Å²) in [6.45, 7) is 0. The average molecular weight is 230 g/mol. The fraction of sp³-hybridized carbons (Fsp3) is 0. The third-order valence-corrected chi connectivity index (χ3v) is 2.08. The van der Waals surface area contributed by atoms with Gasteiger partial charge in [-0.15, -0.1) is 0 Å². The van der Waals surface area contributed by atoms with E-state index in [-0.39, 0.29) is 5.11 Å². The Morgan fingerprint density at radius 2 is 1.75 bits per heavy atom. The molecule has 80 valence electrons. The van der Waals surface area contributed by atoms with Crippen LogP contribution in [0.2, 0.25) is 0 Å². The lowest BCUT2D eigenvalue weighted by molar-refractivity contribution is 1.18. The van der Waals surface area contributed by atoms with Crippen molar-refractivity contribution in [3.8, 4) is 11.4 Å². The van der Waals surface area contributed by atoms with Crippen LogP contribution in [-0.2, 0) is 0 Å². The van der Waals surface area contributed by atoms with Crippen molar-refractivity contribution in [3.05, 3.63) is 42.7 Å². The Balaban J connectivity index is 2.23. The summed E-state index contributed by atoms with van der Waals surface area (Å²) < 4.78 is 0. The van der Waals surface area contributed by atoms with Crippen molar-refractivity contribution in [1.82, 2.24) is 9.97 Å². The predicted molar refractivity (Wildman–Crippen MR) is 67.9 cm³/mol. The van der Waals surface area contributed by atoms with Gasteiger partial charge in [0.1, 0.15) is 0 Å². The number of anilines is 1. The predicted octanol–water partition coefficient (Wildman–Crippen LogP) is 1.80. The van der Waals surface area contributed by atoms with Gasteiger partial charge >= 0.3 is 0 Å². The van der Waals surface area contributed by atoms with Crippen LogP contribution >= 0.6 is 12.2 Å². The third kappa shape index (κ3) is 2.52. The van der Waals surface area contributed by atoms with Gasteiger partial charge in [-0.2, -0.15) is 0 Å². The molecule has 1 heterocycles. The van der Waals surface area contributed by atoms with E-state index in [0.29, 0.717) is 5.82 Å². The number of benzene rings is 1. The summed E-state index contributed by atoms with van der Waals surface area (Å²) in [5.74, 6) is 0.698. The van der Waals surface area contributed by atoms with E-state index in [1.54, 1.807) is 18.5 Å². The van der Waals surface area contributed by atoms with E-state index in [1.807, 2.05) is 24.3 Å². The van der Waals surface area contributed by atoms with Crippen LogP contribution in [0.1, 0.15) is 0 Å². The van der Waals surface area contributed by atoms with Crippen molar-refractivity contribution in [2.45, 2.75) is 0 Å². The molecule has 0 unspecified atom stereocenters. The van der Waals surface area contributed by atoms with Crippen molar-refractivity contribution in [3.63, 3.8) is 0 Å². The fourth-order valence-corrected chi connectivity index (χ4v) is 1.41. The van der Waals surface area contributed by atoms with Crippen LogP contribution in [0.5, 0.6) is 0 Å². The molecule has 0 bridgehead atoms. The van der Waals surface area contributed by atoms with Gasteiger partial charge in [-0.05, 0) is 42.5 Å². The molecule has 0 aliphatic rings. The second-order valence-electron chi connectivity index (χ2n) is 3.14. The second kappa shape index (κ2) is 4.67. The topological polar surface area (TPSA) is 63.8 Å². The summed E-state index contributed by atoms with van der Waals surface area (Å²) in [5, 5.41) is 3.11.